The summed E-state index contributed by atoms with van der Waals surface area (Å²) in [4.78, 5) is 0. The lowest BCUT2D eigenvalue weighted by Gasteiger charge is -2.28. The Balaban J connectivity index is 2.45. The Morgan fingerprint density at radius 2 is 2.13 bits per heavy atom. The summed E-state index contributed by atoms with van der Waals surface area (Å²) in [6.45, 7) is 3.84. The number of halogens is 1. The highest BCUT2D eigenvalue weighted by Crippen LogP contribution is 2.48. The summed E-state index contributed by atoms with van der Waals surface area (Å²) in [7, 11) is 0. The van der Waals surface area contributed by atoms with Gasteiger partial charge in [0.25, 0.3) is 0 Å². The molecule has 2 rings (SSSR count). The van der Waals surface area contributed by atoms with Crippen molar-refractivity contribution in [3.63, 3.8) is 0 Å². The van der Waals surface area contributed by atoms with Gasteiger partial charge in [0.1, 0.15) is 5.82 Å². The van der Waals surface area contributed by atoms with Crippen molar-refractivity contribution >= 4 is 0 Å². The highest BCUT2D eigenvalue weighted by molar-refractivity contribution is 5.30. The molecular formula is C13H17FO. The monoisotopic (exact) mass is 208 g/mol. The number of aliphatic hydroxyl groups is 1. The van der Waals surface area contributed by atoms with Crippen LogP contribution in [0.25, 0.3) is 0 Å². The maximum Gasteiger partial charge on any atom is 0.129 e. The zero-order valence-electron chi connectivity index (χ0n) is 9.26. The first-order valence-electron chi connectivity index (χ1n) is 5.57. The van der Waals surface area contributed by atoms with E-state index in [0.717, 1.165) is 18.4 Å². The molecule has 1 fully saturated rings. The Bertz CT molecular complexity index is 371. The van der Waals surface area contributed by atoms with Crippen LogP contribution in [-0.4, -0.2) is 5.11 Å². The van der Waals surface area contributed by atoms with Crippen LogP contribution in [0.1, 0.15) is 37.3 Å². The van der Waals surface area contributed by atoms with Gasteiger partial charge in [-0.3, -0.25) is 0 Å². The molecule has 0 aliphatic heterocycles. The molecule has 1 aliphatic carbocycles. The molecule has 1 atom stereocenters. The third kappa shape index (κ3) is 1.78. The smallest absolute Gasteiger partial charge is 0.129 e. The van der Waals surface area contributed by atoms with Crippen molar-refractivity contribution in [3.05, 3.63) is 35.1 Å². The molecular weight excluding hydrogens is 191 g/mol. The lowest BCUT2D eigenvalue weighted by molar-refractivity contribution is 0.00550. The van der Waals surface area contributed by atoms with E-state index in [0.29, 0.717) is 12.0 Å². The van der Waals surface area contributed by atoms with E-state index in [-0.39, 0.29) is 11.7 Å². The fourth-order valence-electron chi connectivity index (χ4n) is 2.23. The average Bonchev–Trinajstić information content (AvgIpc) is 3.04. The molecule has 1 aliphatic rings. The number of rotatable bonds is 3. The van der Waals surface area contributed by atoms with Gasteiger partial charge in [-0.15, -0.1) is 0 Å². The summed E-state index contributed by atoms with van der Waals surface area (Å²) in [6.07, 6.45) is 2.60. The Morgan fingerprint density at radius 3 is 2.67 bits per heavy atom. The molecule has 15 heavy (non-hydrogen) atoms. The zero-order valence-corrected chi connectivity index (χ0v) is 9.26. The van der Waals surface area contributed by atoms with Crippen LogP contribution >= 0.6 is 0 Å². The Labute approximate surface area is 89.9 Å². The first-order chi connectivity index (χ1) is 7.08. The second-order valence-electron chi connectivity index (χ2n) is 4.54. The first kappa shape index (κ1) is 10.6. The van der Waals surface area contributed by atoms with Crippen molar-refractivity contribution in [3.8, 4) is 0 Å². The SMILES string of the molecule is CCC(O)(c1cc(C)ccc1F)C1CC1. The highest BCUT2D eigenvalue weighted by atomic mass is 19.1. The first-order valence-corrected chi connectivity index (χ1v) is 5.57. The fraction of sp³-hybridized carbons (Fsp3) is 0.538. The predicted octanol–water partition coefficient (Wildman–Crippen LogP) is 3.14. The van der Waals surface area contributed by atoms with Crippen molar-refractivity contribution < 1.29 is 9.50 Å². The Morgan fingerprint density at radius 1 is 1.47 bits per heavy atom. The minimum absolute atomic E-state index is 0.249. The van der Waals surface area contributed by atoms with Gasteiger partial charge in [-0.25, -0.2) is 4.39 Å². The molecule has 82 valence electrons. The Kier molecular flexibility index (Phi) is 2.55. The van der Waals surface area contributed by atoms with Crippen LogP contribution in [0.15, 0.2) is 18.2 Å². The molecule has 2 heteroatoms. The lowest BCUT2D eigenvalue weighted by atomic mass is 9.85. The molecule has 0 radical (unpaired) electrons. The van der Waals surface area contributed by atoms with Gasteiger partial charge in [0, 0.05) is 5.56 Å². The van der Waals surface area contributed by atoms with Gasteiger partial charge in [0.15, 0.2) is 0 Å². The number of hydrogen-bond donors (Lipinski definition) is 1. The van der Waals surface area contributed by atoms with Gasteiger partial charge in [-0.2, -0.15) is 0 Å². The summed E-state index contributed by atoms with van der Waals surface area (Å²) in [6, 6.07) is 4.96. The van der Waals surface area contributed by atoms with E-state index in [2.05, 4.69) is 0 Å². The number of benzene rings is 1. The maximum absolute atomic E-state index is 13.7. The normalized spacial score (nSPS) is 20.0. The third-order valence-corrected chi connectivity index (χ3v) is 3.38. The molecule has 1 saturated carbocycles. The van der Waals surface area contributed by atoms with Crippen molar-refractivity contribution in [2.45, 2.75) is 38.7 Å². The fourth-order valence-corrected chi connectivity index (χ4v) is 2.23. The van der Waals surface area contributed by atoms with Gasteiger partial charge in [0.2, 0.25) is 0 Å². The van der Waals surface area contributed by atoms with Crippen molar-refractivity contribution in [1.82, 2.24) is 0 Å². The molecule has 1 unspecified atom stereocenters. The van der Waals surface area contributed by atoms with Crippen molar-refractivity contribution in [1.29, 1.82) is 0 Å². The second kappa shape index (κ2) is 3.60. The van der Waals surface area contributed by atoms with Gasteiger partial charge in [0.05, 0.1) is 5.60 Å². The van der Waals surface area contributed by atoms with Crippen LogP contribution in [0.2, 0.25) is 0 Å². The number of aryl methyl sites for hydroxylation is 1. The molecule has 0 spiro atoms. The second-order valence-corrected chi connectivity index (χ2v) is 4.54. The van der Waals surface area contributed by atoms with E-state index in [1.54, 1.807) is 12.1 Å². The molecule has 0 bridgehead atoms. The van der Waals surface area contributed by atoms with E-state index in [4.69, 9.17) is 0 Å². The average molecular weight is 208 g/mol. The Hall–Kier alpha value is -0.890. The molecule has 0 heterocycles. The van der Waals surface area contributed by atoms with Crippen LogP contribution in [-0.2, 0) is 5.60 Å². The maximum atomic E-state index is 13.7. The predicted molar refractivity (Wildman–Crippen MR) is 58.0 cm³/mol. The summed E-state index contributed by atoms with van der Waals surface area (Å²) < 4.78 is 13.7. The van der Waals surface area contributed by atoms with E-state index < -0.39 is 5.60 Å². The summed E-state index contributed by atoms with van der Waals surface area (Å²) in [5.74, 6) is -0.0318. The number of hydrogen-bond acceptors (Lipinski definition) is 1. The van der Waals surface area contributed by atoms with Gasteiger partial charge < -0.3 is 5.11 Å². The summed E-state index contributed by atoms with van der Waals surface area (Å²) in [5, 5.41) is 10.5. The molecule has 0 amide bonds. The standard InChI is InChI=1S/C13H17FO/c1-3-13(15,10-5-6-10)11-8-9(2)4-7-12(11)14/h4,7-8,10,15H,3,5-6H2,1-2H3. The topological polar surface area (TPSA) is 20.2 Å². The summed E-state index contributed by atoms with van der Waals surface area (Å²) >= 11 is 0. The molecule has 1 nitrogen and oxygen atoms in total. The molecule has 0 saturated heterocycles. The summed E-state index contributed by atoms with van der Waals surface area (Å²) in [5.41, 5.74) is 0.530. The molecule has 1 N–H and O–H groups in total. The van der Waals surface area contributed by atoms with E-state index >= 15 is 0 Å². The lowest BCUT2D eigenvalue weighted by Crippen LogP contribution is -2.28. The zero-order chi connectivity index (χ0) is 11.1. The van der Waals surface area contributed by atoms with E-state index in [1.807, 2.05) is 13.8 Å². The van der Waals surface area contributed by atoms with Gasteiger partial charge >= 0.3 is 0 Å². The molecule has 1 aromatic rings. The highest BCUT2D eigenvalue weighted by Gasteiger charge is 2.45. The third-order valence-electron chi connectivity index (χ3n) is 3.38. The van der Waals surface area contributed by atoms with Crippen LogP contribution in [0, 0.1) is 18.7 Å². The van der Waals surface area contributed by atoms with Gasteiger partial charge in [-0.1, -0.05) is 24.6 Å². The van der Waals surface area contributed by atoms with Crippen LogP contribution < -0.4 is 0 Å². The van der Waals surface area contributed by atoms with Crippen LogP contribution in [0.3, 0.4) is 0 Å². The van der Waals surface area contributed by atoms with Crippen LogP contribution in [0.4, 0.5) is 4.39 Å². The van der Waals surface area contributed by atoms with Gasteiger partial charge in [-0.05, 0) is 38.2 Å². The van der Waals surface area contributed by atoms with Crippen molar-refractivity contribution in [2.24, 2.45) is 5.92 Å². The quantitative estimate of drug-likeness (QED) is 0.809. The minimum Gasteiger partial charge on any atom is -0.385 e. The molecule has 0 aromatic heterocycles. The minimum atomic E-state index is -0.948. The van der Waals surface area contributed by atoms with Crippen LogP contribution in [0.5, 0.6) is 0 Å². The van der Waals surface area contributed by atoms with Crippen molar-refractivity contribution in [2.75, 3.05) is 0 Å². The van der Waals surface area contributed by atoms with E-state index in [1.165, 1.54) is 6.07 Å². The largest absolute Gasteiger partial charge is 0.385 e. The molecule has 1 aromatic carbocycles. The van der Waals surface area contributed by atoms with E-state index in [9.17, 15) is 9.50 Å².